The van der Waals surface area contributed by atoms with Gasteiger partial charge >= 0.3 is 5.97 Å². The maximum absolute atomic E-state index is 13.4. The van der Waals surface area contributed by atoms with Crippen molar-refractivity contribution in [3.63, 3.8) is 0 Å². The molecular weight excluding hydrogens is 392 g/mol. The van der Waals surface area contributed by atoms with Crippen LogP contribution < -0.4 is 14.2 Å². The molecule has 0 bridgehead atoms. The molecule has 3 unspecified atom stereocenters. The van der Waals surface area contributed by atoms with Crippen LogP contribution in [0.15, 0.2) is 66.7 Å². The van der Waals surface area contributed by atoms with Crippen LogP contribution >= 0.6 is 0 Å². The third-order valence-electron chi connectivity index (χ3n) is 6.17. The zero-order valence-corrected chi connectivity index (χ0v) is 17.5. The molecule has 0 saturated heterocycles. The Hall–Kier alpha value is -3.47. The summed E-state index contributed by atoms with van der Waals surface area (Å²) in [6.45, 7) is 2.39. The van der Waals surface area contributed by atoms with E-state index >= 15 is 0 Å². The molecule has 1 aliphatic heterocycles. The molecule has 0 aromatic heterocycles. The molecule has 1 aliphatic carbocycles. The lowest BCUT2D eigenvalue weighted by Crippen LogP contribution is -2.26. The first-order valence-corrected chi connectivity index (χ1v) is 10.5. The predicted octanol–water partition coefficient (Wildman–Crippen LogP) is 4.88. The highest BCUT2D eigenvalue weighted by Gasteiger charge is 2.48. The molecule has 0 N–H and O–H groups in total. The molecule has 0 radical (unpaired) electrons. The third-order valence-corrected chi connectivity index (χ3v) is 6.17. The smallest absolute Gasteiger partial charge is 0.310 e. The van der Waals surface area contributed by atoms with Gasteiger partial charge in [0.05, 0.1) is 19.6 Å². The second-order valence-electron chi connectivity index (χ2n) is 7.72. The first-order valence-electron chi connectivity index (χ1n) is 10.5. The number of rotatable bonds is 5. The largest absolute Gasteiger partial charge is 0.496 e. The summed E-state index contributed by atoms with van der Waals surface area (Å²) in [5.74, 6) is 1.22. The third kappa shape index (κ3) is 3.21. The summed E-state index contributed by atoms with van der Waals surface area (Å²) in [7, 11) is 1.66. The Kier molecular flexibility index (Phi) is 5.02. The van der Waals surface area contributed by atoms with E-state index in [9.17, 15) is 4.79 Å². The predicted molar refractivity (Wildman–Crippen MR) is 116 cm³/mol. The first-order chi connectivity index (χ1) is 15.2. The van der Waals surface area contributed by atoms with Gasteiger partial charge in [-0.15, -0.1) is 0 Å². The van der Waals surface area contributed by atoms with Crippen LogP contribution in [0.5, 0.6) is 17.2 Å². The molecule has 0 fully saturated rings. The molecule has 5 nitrogen and oxygen atoms in total. The van der Waals surface area contributed by atoms with E-state index < -0.39 is 5.92 Å². The average Bonchev–Trinajstić information content (AvgIpc) is 3.41. The van der Waals surface area contributed by atoms with E-state index in [0.29, 0.717) is 12.4 Å². The van der Waals surface area contributed by atoms with E-state index in [1.807, 2.05) is 61.5 Å². The van der Waals surface area contributed by atoms with Crippen molar-refractivity contribution in [2.75, 3.05) is 20.5 Å². The summed E-state index contributed by atoms with van der Waals surface area (Å²) in [5.41, 5.74) is 4.23. The summed E-state index contributed by atoms with van der Waals surface area (Å²) in [4.78, 5) is 13.4. The summed E-state index contributed by atoms with van der Waals surface area (Å²) >= 11 is 0. The van der Waals surface area contributed by atoms with Gasteiger partial charge in [-0.3, -0.25) is 4.79 Å². The lowest BCUT2D eigenvalue weighted by molar-refractivity contribution is -0.148. The number of hydrogen-bond acceptors (Lipinski definition) is 5. The van der Waals surface area contributed by atoms with E-state index in [4.69, 9.17) is 18.9 Å². The SMILES string of the molecule is CCOC(=O)C1C(c2ccc3c(c2)OCO3)c2ccccc2C1c1ccccc1OC. The standard InChI is InChI=1S/C26H24O5/c1-3-29-26(27)25-23(16-12-13-21-22(14-16)31-15-30-21)17-8-4-5-9-18(17)24(25)19-10-6-7-11-20(19)28-2/h4-14,23-25H,3,15H2,1-2H3. The van der Waals surface area contributed by atoms with E-state index in [2.05, 4.69) is 12.1 Å². The van der Waals surface area contributed by atoms with Gasteiger partial charge in [0.15, 0.2) is 11.5 Å². The second-order valence-corrected chi connectivity index (χ2v) is 7.72. The van der Waals surface area contributed by atoms with Crippen molar-refractivity contribution in [3.05, 3.63) is 89.0 Å². The molecule has 0 saturated carbocycles. The van der Waals surface area contributed by atoms with Crippen LogP contribution in [-0.4, -0.2) is 26.5 Å². The van der Waals surface area contributed by atoms with Gasteiger partial charge < -0.3 is 18.9 Å². The quantitative estimate of drug-likeness (QED) is 0.555. The zero-order valence-electron chi connectivity index (χ0n) is 17.5. The maximum Gasteiger partial charge on any atom is 0.310 e. The number of fused-ring (bicyclic) bond motifs is 2. The molecule has 158 valence electrons. The summed E-state index contributed by atoms with van der Waals surface area (Å²) in [6.07, 6.45) is 0. The first kappa shape index (κ1) is 19.5. The van der Waals surface area contributed by atoms with Crippen LogP contribution in [0.4, 0.5) is 0 Å². The number of carbonyl (C=O) groups excluding carboxylic acids is 1. The highest BCUT2D eigenvalue weighted by molar-refractivity contribution is 5.80. The Bertz CT molecular complexity index is 1120. The Morgan fingerprint density at radius 2 is 1.58 bits per heavy atom. The van der Waals surface area contributed by atoms with Crippen LogP contribution in [0.1, 0.15) is 41.0 Å². The van der Waals surface area contributed by atoms with Crippen molar-refractivity contribution < 1.29 is 23.7 Å². The number of benzene rings is 3. The molecule has 1 heterocycles. The molecule has 3 atom stereocenters. The van der Waals surface area contributed by atoms with Gasteiger partial charge in [0.25, 0.3) is 0 Å². The summed E-state index contributed by atoms with van der Waals surface area (Å²) < 4.78 is 22.4. The number of carbonyl (C=O) groups is 1. The number of para-hydroxylation sites is 1. The van der Waals surface area contributed by atoms with Crippen LogP contribution in [0, 0.1) is 5.92 Å². The monoisotopic (exact) mass is 416 g/mol. The van der Waals surface area contributed by atoms with Crippen molar-refractivity contribution >= 4 is 5.97 Å². The number of ether oxygens (including phenoxy) is 4. The van der Waals surface area contributed by atoms with Gasteiger partial charge in [-0.05, 0) is 41.8 Å². The lowest BCUT2D eigenvalue weighted by Gasteiger charge is -2.25. The van der Waals surface area contributed by atoms with Crippen molar-refractivity contribution in [1.82, 2.24) is 0 Å². The van der Waals surface area contributed by atoms with Crippen LogP contribution in [-0.2, 0) is 9.53 Å². The number of esters is 1. The van der Waals surface area contributed by atoms with Gasteiger partial charge in [-0.25, -0.2) is 0 Å². The molecule has 3 aromatic rings. The van der Waals surface area contributed by atoms with E-state index in [1.165, 1.54) is 0 Å². The molecular formula is C26H24O5. The molecule has 2 aliphatic rings. The molecule has 0 spiro atoms. The number of hydrogen-bond donors (Lipinski definition) is 0. The fraction of sp³-hybridized carbons (Fsp3) is 0.269. The Balaban J connectivity index is 1.71. The fourth-order valence-electron chi connectivity index (χ4n) is 4.95. The van der Waals surface area contributed by atoms with Gasteiger partial charge in [-0.2, -0.15) is 0 Å². The minimum Gasteiger partial charge on any atom is -0.496 e. The molecule has 3 aromatic carbocycles. The highest BCUT2D eigenvalue weighted by Crippen LogP contribution is 2.55. The van der Waals surface area contributed by atoms with Gasteiger partial charge in [-0.1, -0.05) is 48.5 Å². The molecule has 5 rings (SSSR count). The topological polar surface area (TPSA) is 54.0 Å². The highest BCUT2D eigenvalue weighted by atomic mass is 16.7. The van der Waals surface area contributed by atoms with Gasteiger partial charge in [0.2, 0.25) is 6.79 Å². The second kappa shape index (κ2) is 7.99. The van der Waals surface area contributed by atoms with Crippen LogP contribution in [0.2, 0.25) is 0 Å². The van der Waals surface area contributed by atoms with Crippen molar-refractivity contribution in [2.45, 2.75) is 18.8 Å². The van der Waals surface area contributed by atoms with Crippen molar-refractivity contribution in [3.8, 4) is 17.2 Å². The minimum atomic E-state index is -0.422. The van der Waals surface area contributed by atoms with E-state index in [1.54, 1.807) is 7.11 Å². The van der Waals surface area contributed by atoms with E-state index in [-0.39, 0.29) is 24.6 Å². The van der Waals surface area contributed by atoms with Crippen LogP contribution in [0.25, 0.3) is 0 Å². The van der Waals surface area contributed by atoms with E-state index in [0.717, 1.165) is 33.8 Å². The zero-order chi connectivity index (χ0) is 21.4. The summed E-state index contributed by atoms with van der Waals surface area (Å²) in [5, 5.41) is 0. The number of methoxy groups -OCH3 is 1. The van der Waals surface area contributed by atoms with Crippen molar-refractivity contribution in [1.29, 1.82) is 0 Å². The Morgan fingerprint density at radius 1 is 0.903 bits per heavy atom. The van der Waals surface area contributed by atoms with Gasteiger partial charge in [0, 0.05) is 17.4 Å². The minimum absolute atomic E-state index is 0.167. The average molecular weight is 416 g/mol. The Labute approximate surface area is 181 Å². The molecule has 31 heavy (non-hydrogen) atoms. The molecule has 0 amide bonds. The van der Waals surface area contributed by atoms with Crippen molar-refractivity contribution in [2.24, 2.45) is 5.92 Å². The lowest BCUT2D eigenvalue weighted by atomic mass is 9.79. The normalized spacial score (nSPS) is 20.9. The maximum atomic E-state index is 13.4. The fourth-order valence-corrected chi connectivity index (χ4v) is 4.95. The van der Waals surface area contributed by atoms with Gasteiger partial charge in [0.1, 0.15) is 5.75 Å². The Morgan fingerprint density at radius 3 is 2.32 bits per heavy atom. The summed E-state index contributed by atoms with van der Waals surface area (Å²) in [6, 6.07) is 22.1. The molecule has 5 heteroatoms. The van der Waals surface area contributed by atoms with Crippen LogP contribution in [0.3, 0.4) is 0 Å².